The highest BCUT2D eigenvalue weighted by atomic mass is 35.5. The molecule has 0 aromatic carbocycles. The molecule has 1 saturated heterocycles. The first-order chi connectivity index (χ1) is 11.1. The van der Waals surface area contributed by atoms with Crippen molar-refractivity contribution in [2.24, 2.45) is 11.7 Å². The molecule has 1 fully saturated rings. The van der Waals surface area contributed by atoms with Gasteiger partial charge in [0.1, 0.15) is 5.69 Å². The summed E-state index contributed by atoms with van der Waals surface area (Å²) in [6.45, 7) is 5.35. The van der Waals surface area contributed by atoms with Crippen LogP contribution in [0, 0.1) is 12.8 Å². The molecule has 5 nitrogen and oxygen atoms in total. The van der Waals surface area contributed by atoms with E-state index in [0.29, 0.717) is 23.8 Å². The van der Waals surface area contributed by atoms with Crippen LogP contribution in [0.3, 0.4) is 0 Å². The number of aromatic nitrogens is 1. The molecule has 138 valence electrons. The Hall–Kier alpha value is -1.56. The number of likely N-dealkylation sites (tertiary alicyclic amines) is 1. The van der Waals surface area contributed by atoms with Crippen molar-refractivity contribution in [3.05, 3.63) is 41.8 Å². The van der Waals surface area contributed by atoms with E-state index in [2.05, 4.69) is 11.9 Å². The lowest BCUT2D eigenvalue weighted by Crippen LogP contribution is -2.49. The Morgan fingerprint density at radius 1 is 1.36 bits per heavy atom. The second-order valence-corrected chi connectivity index (χ2v) is 6.32. The molecule has 3 rings (SSSR count). The Morgan fingerprint density at radius 2 is 2.12 bits per heavy atom. The number of halogens is 2. The maximum Gasteiger partial charge on any atom is 0.255 e. The van der Waals surface area contributed by atoms with Gasteiger partial charge in [-0.05, 0) is 49.9 Å². The van der Waals surface area contributed by atoms with Crippen molar-refractivity contribution in [2.45, 2.75) is 32.7 Å². The Balaban J connectivity index is 0.00000156. The third-order valence-corrected chi connectivity index (χ3v) is 4.60. The van der Waals surface area contributed by atoms with Crippen LogP contribution in [0.5, 0.6) is 0 Å². The monoisotopic (exact) mass is 385 g/mol. The van der Waals surface area contributed by atoms with E-state index in [9.17, 15) is 4.79 Å². The number of aryl methyl sites for hydroxylation is 1. The summed E-state index contributed by atoms with van der Waals surface area (Å²) in [6.07, 6.45) is 3.62. The van der Waals surface area contributed by atoms with Gasteiger partial charge in [-0.1, -0.05) is 6.92 Å². The number of furan rings is 1. The minimum absolute atomic E-state index is 0. The van der Waals surface area contributed by atoms with Gasteiger partial charge < -0.3 is 15.1 Å². The molecule has 0 radical (unpaired) electrons. The van der Waals surface area contributed by atoms with Gasteiger partial charge in [-0.15, -0.1) is 24.8 Å². The first-order valence-electron chi connectivity index (χ1n) is 8.12. The number of pyridine rings is 1. The Bertz CT molecular complexity index is 692. The largest absolute Gasteiger partial charge is 0.463 e. The summed E-state index contributed by atoms with van der Waals surface area (Å²) in [5.74, 6) is 1.36. The van der Waals surface area contributed by atoms with Gasteiger partial charge in [0.15, 0.2) is 5.76 Å². The van der Waals surface area contributed by atoms with Crippen LogP contribution in [0.25, 0.3) is 11.5 Å². The van der Waals surface area contributed by atoms with Gasteiger partial charge in [-0.2, -0.15) is 0 Å². The molecule has 3 heterocycles. The molecule has 0 bridgehead atoms. The van der Waals surface area contributed by atoms with Crippen LogP contribution in [-0.4, -0.2) is 34.9 Å². The summed E-state index contributed by atoms with van der Waals surface area (Å²) < 4.78 is 5.36. The van der Waals surface area contributed by atoms with Crippen LogP contribution in [0.15, 0.2) is 34.9 Å². The first-order valence-corrected chi connectivity index (χ1v) is 8.12. The van der Waals surface area contributed by atoms with E-state index in [0.717, 1.165) is 30.8 Å². The highest BCUT2D eigenvalue weighted by molar-refractivity contribution is 5.95. The average molecular weight is 386 g/mol. The van der Waals surface area contributed by atoms with Crippen molar-refractivity contribution >= 4 is 30.7 Å². The van der Waals surface area contributed by atoms with Crippen molar-refractivity contribution in [1.29, 1.82) is 0 Å². The molecular weight excluding hydrogens is 361 g/mol. The minimum Gasteiger partial charge on any atom is -0.463 e. The number of nitrogens with zero attached hydrogens (tertiary/aromatic N) is 2. The second-order valence-electron chi connectivity index (χ2n) is 6.32. The normalized spacial score (nSPS) is 19.7. The molecule has 2 atom stereocenters. The fraction of sp³-hybridized carbons (Fsp3) is 0.444. The third kappa shape index (κ3) is 4.54. The summed E-state index contributed by atoms with van der Waals surface area (Å²) in [5, 5.41) is 0. The van der Waals surface area contributed by atoms with E-state index in [1.807, 2.05) is 36.1 Å². The summed E-state index contributed by atoms with van der Waals surface area (Å²) in [5.41, 5.74) is 7.99. The van der Waals surface area contributed by atoms with Gasteiger partial charge in [-0.25, -0.2) is 4.98 Å². The van der Waals surface area contributed by atoms with Crippen LogP contribution >= 0.6 is 24.8 Å². The third-order valence-electron chi connectivity index (χ3n) is 4.60. The van der Waals surface area contributed by atoms with E-state index in [4.69, 9.17) is 10.2 Å². The zero-order valence-electron chi connectivity index (χ0n) is 14.5. The molecule has 7 heteroatoms. The van der Waals surface area contributed by atoms with Crippen LogP contribution in [0.4, 0.5) is 0 Å². The molecule has 2 aromatic rings. The van der Waals surface area contributed by atoms with Crippen molar-refractivity contribution < 1.29 is 9.21 Å². The van der Waals surface area contributed by atoms with Gasteiger partial charge in [0.25, 0.3) is 5.91 Å². The van der Waals surface area contributed by atoms with Gasteiger partial charge >= 0.3 is 0 Å². The molecule has 2 N–H and O–H groups in total. The topological polar surface area (TPSA) is 72.4 Å². The van der Waals surface area contributed by atoms with E-state index >= 15 is 0 Å². The predicted molar refractivity (Wildman–Crippen MR) is 103 cm³/mol. The first kappa shape index (κ1) is 21.5. The fourth-order valence-corrected chi connectivity index (χ4v) is 3.25. The van der Waals surface area contributed by atoms with Crippen molar-refractivity contribution in [1.82, 2.24) is 9.88 Å². The molecule has 1 aliphatic rings. The number of hydrogen-bond donors (Lipinski definition) is 1. The van der Waals surface area contributed by atoms with Crippen LogP contribution < -0.4 is 5.73 Å². The van der Waals surface area contributed by atoms with Gasteiger partial charge in [0.2, 0.25) is 0 Å². The van der Waals surface area contributed by atoms with E-state index in [1.165, 1.54) is 0 Å². The van der Waals surface area contributed by atoms with E-state index < -0.39 is 0 Å². The second kappa shape index (κ2) is 9.22. The summed E-state index contributed by atoms with van der Waals surface area (Å²) in [7, 11) is 0. The van der Waals surface area contributed by atoms with Crippen molar-refractivity contribution in [2.75, 3.05) is 13.1 Å². The van der Waals surface area contributed by atoms with Crippen LogP contribution in [0.2, 0.25) is 0 Å². The number of carbonyl (C=O) groups is 1. The van der Waals surface area contributed by atoms with Gasteiger partial charge in [0, 0.05) is 19.1 Å². The molecular formula is C18H25Cl2N3O2. The molecule has 0 spiro atoms. The molecule has 0 aliphatic carbocycles. The molecule has 2 unspecified atom stereocenters. The average Bonchev–Trinajstić information content (AvgIpc) is 3.08. The minimum atomic E-state index is 0. The molecule has 0 saturated carbocycles. The lowest BCUT2D eigenvalue weighted by molar-refractivity contribution is 0.0572. The molecule has 1 aliphatic heterocycles. The highest BCUT2D eigenvalue weighted by Crippen LogP contribution is 2.25. The number of carbonyl (C=O) groups excluding carboxylic acids is 1. The van der Waals surface area contributed by atoms with Crippen LogP contribution in [0.1, 0.15) is 35.8 Å². The lowest BCUT2D eigenvalue weighted by Gasteiger charge is -2.38. The zero-order valence-corrected chi connectivity index (χ0v) is 16.1. The maximum atomic E-state index is 12.9. The summed E-state index contributed by atoms with van der Waals surface area (Å²) in [6, 6.07) is 7.48. The summed E-state index contributed by atoms with van der Waals surface area (Å²) in [4.78, 5) is 19.3. The number of rotatable bonds is 3. The van der Waals surface area contributed by atoms with Gasteiger partial charge in [0.05, 0.1) is 17.5 Å². The fourth-order valence-electron chi connectivity index (χ4n) is 3.25. The predicted octanol–water partition coefficient (Wildman–Crippen LogP) is 3.69. The Kier molecular flexibility index (Phi) is 7.93. The Morgan fingerprint density at radius 3 is 2.72 bits per heavy atom. The Labute approximate surface area is 160 Å². The highest BCUT2D eigenvalue weighted by Gasteiger charge is 2.30. The van der Waals surface area contributed by atoms with E-state index in [1.54, 1.807) is 6.26 Å². The van der Waals surface area contributed by atoms with Crippen molar-refractivity contribution in [3.63, 3.8) is 0 Å². The maximum absolute atomic E-state index is 12.9. The quantitative estimate of drug-likeness (QED) is 0.873. The number of amides is 1. The van der Waals surface area contributed by atoms with Crippen LogP contribution in [-0.2, 0) is 0 Å². The van der Waals surface area contributed by atoms with Crippen molar-refractivity contribution in [3.8, 4) is 11.5 Å². The number of piperidine rings is 1. The zero-order chi connectivity index (χ0) is 16.4. The summed E-state index contributed by atoms with van der Waals surface area (Å²) >= 11 is 0. The van der Waals surface area contributed by atoms with Gasteiger partial charge in [-0.3, -0.25) is 4.79 Å². The standard InChI is InChI=1S/C18H23N3O2.2ClH/c1-12-7-8-21(14(10-12)11-19)18(22)15-5-6-16(20-13(15)2)17-4-3-9-23-17;;/h3-6,9,12,14H,7-8,10-11,19H2,1-2H3;2*1H. The van der Waals surface area contributed by atoms with E-state index in [-0.39, 0.29) is 36.8 Å². The lowest BCUT2D eigenvalue weighted by atomic mass is 9.91. The molecule has 2 aromatic heterocycles. The molecule has 25 heavy (non-hydrogen) atoms. The SMILES string of the molecule is Cc1nc(-c2ccco2)ccc1C(=O)N1CCC(C)CC1CN.Cl.Cl. The molecule has 1 amide bonds. The number of hydrogen-bond acceptors (Lipinski definition) is 4. The smallest absolute Gasteiger partial charge is 0.255 e. The number of nitrogens with two attached hydrogens (primary N) is 1.